The number of rotatable bonds is 4. The highest BCUT2D eigenvalue weighted by Crippen LogP contribution is 2.38. The Labute approximate surface area is 239 Å². The van der Waals surface area contributed by atoms with Crippen LogP contribution in [0, 0.1) is 0 Å². The van der Waals surface area contributed by atoms with E-state index < -0.39 is 11.6 Å². The largest absolute Gasteiger partial charge is 0.506 e. The summed E-state index contributed by atoms with van der Waals surface area (Å²) >= 11 is 0. The normalized spacial score (nSPS) is 14.8. The van der Waals surface area contributed by atoms with E-state index in [1.165, 1.54) is 9.13 Å². The van der Waals surface area contributed by atoms with E-state index in [1.54, 1.807) is 61.4 Å². The smallest absolute Gasteiger partial charge is 0.264 e. The first kappa shape index (κ1) is 25.3. The summed E-state index contributed by atoms with van der Waals surface area (Å²) in [5, 5.41) is 32.9. The van der Waals surface area contributed by atoms with E-state index in [-0.39, 0.29) is 34.6 Å². The topological polar surface area (TPSA) is 127 Å². The molecule has 0 saturated carbocycles. The van der Waals surface area contributed by atoms with Gasteiger partial charge in [0, 0.05) is 43.0 Å². The third-order valence-corrected chi connectivity index (χ3v) is 7.97. The zero-order chi connectivity index (χ0) is 29.1. The zero-order valence-electron chi connectivity index (χ0n) is 22.8. The van der Waals surface area contributed by atoms with Crippen LogP contribution in [0.15, 0.2) is 99.8 Å². The molecule has 42 heavy (non-hydrogen) atoms. The van der Waals surface area contributed by atoms with Gasteiger partial charge in [0.25, 0.3) is 11.1 Å². The Morgan fingerprint density at radius 1 is 0.762 bits per heavy atom. The fourth-order valence-electron chi connectivity index (χ4n) is 5.76. The second-order valence-electron chi connectivity index (χ2n) is 10.4. The van der Waals surface area contributed by atoms with Crippen LogP contribution in [0.1, 0.15) is 23.6 Å². The standard InChI is InChI=1S/C32H26N6O4/c1-36-24-14-8-6-12-19(24)29(39)26(31(36)41)23-16-22(33-34-23)21-17-38(18-10-4-3-5-11-18)35-28(21)27-30(40)20-13-7-9-15-25(20)37(2)32(27)42/h3-15,17,22,33,39-40H,16H2,1-2H3. The number of benzene rings is 3. The Morgan fingerprint density at radius 3 is 1.95 bits per heavy atom. The van der Waals surface area contributed by atoms with Crippen LogP contribution in [0.3, 0.4) is 0 Å². The van der Waals surface area contributed by atoms with E-state index in [9.17, 15) is 19.8 Å². The summed E-state index contributed by atoms with van der Waals surface area (Å²) in [7, 11) is 3.32. The van der Waals surface area contributed by atoms with Gasteiger partial charge < -0.3 is 24.8 Å². The quantitative estimate of drug-likeness (QED) is 0.299. The van der Waals surface area contributed by atoms with E-state index in [0.29, 0.717) is 38.8 Å². The molecule has 3 N–H and O–H groups in total. The summed E-state index contributed by atoms with van der Waals surface area (Å²) in [5.74, 6) is -0.287. The number of para-hydroxylation sites is 3. The van der Waals surface area contributed by atoms with Gasteiger partial charge in [-0.3, -0.25) is 9.59 Å². The van der Waals surface area contributed by atoms with Gasteiger partial charge in [0.1, 0.15) is 28.3 Å². The van der Waals surface area contributed by atoms with Gasteiger partial charge in [-0.25, -0.2) is 4.68 Å². The highest BCUT2D eigenvalue weighted by Gasteiger charge is 2.32. The van der Waals surface area contributed by atoms with Crippen LogP contribution in [0.25, 0.3) is 38.8 Å². The summed E-state index contributed by atoms with van der Waals surface area (Å²) in [6.45, 7) is 0. The lowest BCUT2D eigenvalue weighted by Crippen LogP contribution is -2.25. The number of aromatic hydroxyl groups is 2. The molecule has 0 radical (unpaired) electrons. The lowest BCUT2D eigenvalue weighted by Gasteiger charge is -2.14. The third kappa shape index (κ3) is 3.72. The van der Waals surface area contributed by atoms with Crippen LogP contribution < -0.4 is 16.5 Å². The lowest BCUT2D eigenvalue weighted by atomic mass is 9.96. The van der Waals surface area contributed by atoms with Gasteiger partial charge in [-0.15, -0.1) is 0 Å². The SMILES string of the molecule is Cn1c(=O)c(C2=NNC(c3cn(-c4ccccc4)nc3-c3c(O)c4ccccc4n(C)c3=O)C2)c(O)c2ccccc21. The van der Waals surface area contributed by atoms with E-state index in [2.05, 4.69) is 10.5 Å². The molecule has 10 heteroatoms. The van der Waals surface area contributed by atoms with Gasteiger partial charge in [0.2, 0.25) is 0 Å². The van der Waals surface area contributed by atoms with Crippen molar-refractivity contribution in [3.05, 3.63) is 117 Å². The summed E-state index contributed by atoms with van der Waals surface area (Å²) in [6.07, 6.45) is 2.04. The van der Waals surface area contributed by atoms with Crippen molar-refractivity contribution in [2.75, 3.05) is 0 Å². The molecule has 0 aliphatic carbocycles. The Kier molecular flexibility index (Phi) is 5.72. The Hall–Kier alpha value is -5.64. The Balaban J connectivity index is 1.39. The molecule has 1 aliphatic rings. The molecule has 1 atom stereocenters. The highest BCUT2D eigenvalue weighted by molar-refractivity contribution is 6.07. The van der Waals surface area contributed by atoms with Gasteiger partial charge in [-0.2, -0.15) is 10.2 Å². The number of hydrazone groups is 1. The van der Waals surface area contributed by atoms with Crippen molar-refractivity contribution < 1.29 is 10.2 Å². The summed E-state index contributed by atoms with van der Waals surface area (Å²) in [5.41, 5.74) is 5.79. The number of fused-ring (bicyclic) bond motifs is 2. The Morgan fingerprint density at radius 2 is 1.31 bits per heavy atom. The van der Waals surface area contributed by atoms with Crippen molar-refractivity contribution in [1.82, 2.24) is 24.3 Å². The minimum atomic E-state index is -0.501. The van der Waals surface area contributed by atoms with Gasteiger partial charge in [0.05, 0.1) is 28.5 Å². The summed E-state index contributed by atoms with van der Waals surface area (Å²) in [6, 6.07) is 23.2. The van der Waals surface area contributed by atoms with Crippen LogP contribution in [0.4, 0.5) is 0 Å². The monoisotopic (exact) mass is 558 g/mol. The van der Waals surface area contributed by atoms with Crippen LogP contribution in [0.2, 0.25) is 0 Å². The first-order valence-corrected chi connectivity index (χ1v) is 13.4. The summed E-state index contributed by atoms with van der Waals surface area (Å²) < 4.78 is 4.65. The van der Waals surface area contributed by atoms with E-state index in [4.69, 9.17) is 5.10 Å². The van der Waals surface area contributed by atoms with Crippen LogP contribution in [0.5, 0.6) is 11.5 Å². The van der Waals surface area contributed by atoms with Gasteiger partial charge in [0.15, 0.2) is 0 Å². The zero-order valence-corrected chi connectivity index (χ0v) is 22.8. The van der Waals surface area contributed by atoms with Crippen LogP contribution in [-0.4, -0.2) is 34.8 Å². The lowest BCUT2D eigenvalue weighted by molar-refractivity contribution is 0.478. The molecule has 0 spiro atoms. The van der Waals surface area contributed by atoms with Crippen molar-refractivity contribution in [2.45, 2.75) is 12.5 Å². The number of hydrogen-bond donors (Lipinski definition) is 3. The number of aromatic nitrogens is 4. The average molecular weight is 559 g/mol. The second-order valence-corrected chi connectivity index (χ2v) is 10.4. The highest BCUT2D eigenvalue weighted by atomic mass is 16.3. The molecular weight excluding hydrogens is 532 g/mol. The van der Waals surface area contributed by atoms with E-state index in [1.807, 2.05) is 42.5 Å². The number of nitrogens with one attached hydrogen (secondary N) is 1. The molecule has 0 amide bonds. The maximum atomic E-state index is 13.7. The van der Waals surface area contributed by atoms with Crippen LogP contribution >= 0.6 is 0 Å². The molecule has 0 bridgehead atoms. The van der Waals surface area contributed by atoms with Crippen molar-refractivity contribution in [3.8, 4) is 28.4 Å². The maximum Gasteiger partial charge on any atom is 0.264 e. The van der Waals surface area contributed by atoms with E-state index >= 15 is 0 Å². The second kappa shape index (κ2) is 9.48. The van der Waals surface area contributed by atoms with Crippen molar-refractivity contribution in [3.63, 3.8) is 0 Å². The van der Waals surface area contributed by atoms with Crippen molar-refractivity contribution in [2.24, 2.45) is 19.2 Å². The molecule has 208 valence electrons. The fourth-order valence-corrected chi connectivity index (χ4v) is 5.76. The van der Waals surface area contributed by atoms with Crippen LogP contribution in [-0.2, 0) is 14.1 Å². The average Bonchev–Trinajstić information content (AvgIpc) is 3.68. The van der Waals surface area contributed by atoms with Crippen molar-refractivity contribution >= 4 is 27.5 Å². The van der Waals surface area contributed by atoms with E-state index in [0.717, 1.165) is 5.69 Å². The predicted molar refractivity (Wildman–Crippen MR) is 161 cm³/mol. The van der Waals surface area contributed by atoms with Gasteiger partial charge >= 0.3 is 0 Å². The van der Waals surface area contributed by atoms with Gasteiger partial charge in [-0.05, 0) is 36.4 Å². The Bertz CT molecular complexity index is 2190. The third-order valence-electron chi connectivity index (χ3n) is 7.97. The molecule has 4 heterocycles. The van der Waals surface area contributed by atoms with Gasteiger partial charge in [-0.1, -0.05) is 42.5 Å². The molecule has 7 rings (SSSR count). The molecule has 0 saturated heterocycles. The minimum absolute atomic E-state index is 0.0700. The molecule has 1 aliphatic heterocycles. The maximum absolute atomic E-state index is 13.7. The number of aryl methyl sites for hydroxylation is 2. The minimum Gasteiger partial charge on any atom is -0.506 e. The first-order valence-electron chi connectivity index (χ1n) is 13.4. The summed E-state index contributed by atoms with van der Waals surface area (Å²) in [4.78, 5) is 27.0. The molecule has 10 nitrogen and oxygen atoms in total. The fraction of sp³-hybridized carbons (Fsp3) is 0.125. The molecule has 0 fully saturated rings. The predicted octanol–water partition coefficient (Wildman–Crippen LogP) is 4.09. The number of hydrogen-bond acceptors (Lipinski definition) is 7. The first-order chi connectivity index (χ1) is 20.3. The molecule has 1 unspecified atom stereocenters. The molecule has 3 aromatic carbocycles. The van der Waals surface area contributed by atoms with Crippen molar-refractivity contribution in [1.29, 1.82) is 0 Å². The molecular formula is C32H26N6O4. The number of nitrogens with zero attached hydrogens (tertiary/aromatic N) is 5. The number of pyridine rings is 2. The molecule has 3 aromatic heterocycles. The molecule has 6 aromatic rings.